The lowest BCUT2D eigenvalue weighted by Gasteiger charge is -2.23. The molecule has 1 amide bonds. The molecule has 0 aliphatic rings. The molecule has 1 aromatic carbocycles. The Morgan fingerprint density at radius 1 is 1.26 bits per heavy atom. The molecule has 0 aliphatic carbocycles. The van der Waals surface area contributed by atoms with Crippen LogP contribution in [0, 0.1) is 0 Å². The van der Waals surface area contributed by atoms with Crippen LogP contribution in [0.15, 0.2) is 18.2 Å². The van der Waals surface area contributed by atoms with E-state index in [4.69, 9.17) is 5.73 Å². The number of carbonyl (C=O) groups is 1. The SMILES string of the molecule is CN(C)C(=O)c1ccc(N(C)CC(F)(F)F)c(N)c1. The van der Waals surface area contributed by atoms with Gasteiger partial charge in [0.15, 0.2) is 0 Å². The predicted molar refractivity (Wildman–Crippen MR) is 68.2 cm³/mol. The molecule has 0 saturated heterocycles. The first-order valence-corrected chi connectivity index (χ1v) is 5.51. The molecule has 19 heavy (non-hydrogen) atoms. The lowest BCUT2D eigenvalue weighted by molar-refractivity contribution is -0.119. The molecule has 0 atom stereocenters. The van der Waals surface area contributed by atoms with Crippen LogP contribution in [0.3, 0.4) is 0 Å². The first kappa shape index (κ1) is 15.1. The Kier molecular flexibility index (Phi) is 4.28. The Hall–Kier alpha value is -1.92. The largest absolute Gasteiger partial charge is 0.405 e. The molecule has 0 radical (unpaired) electrons. The summed E-state index contributed by atoms with van der Waals surface area (Å²) >= 11 is 0. The van der Waals surface area contributed by atoms with Crippen molar-refractivity contribution in [2.45, 2.75) is 6.18 Å². The highest BCUT2D eigenvalue weighted by Crippen LogP contribution is 2.27. The van der Waals surface area contributed by atoms with Gasteiger partial charge in [0.25, 0.3) is 5.91 Å². The van der Waals surface area contributed by atoms with Gasteiger partial charge in [-0.15, -0.1) is 0 Å². The van der Waals surface area contributed by atoms with Gasteiger partial charge < -0.3 is 15.5 Å². The van der Waals surface area contributed by atoms with Crippen molar-refractivity contribution in [3.05, 3.63) is 23.8 Å². The lowest BCUT2D eigenvalue weighted by atomic mass is 10.1. The summed E-state index contributed by atoms with van der Waals surface area (Å²) in [6.07, 6.45) is -4.31. The van der Waals surface area contributed by atoms with E-state index in [2.05, 4.69) is 0 Å². The summed E-state index contributed by atoms with van der Waals surface area (Å²) in [4.78, 5) is 14.1. The molecular formula is C12H16F3N3O. The van der Waals surface area contributed by atoms with Crippen LogP contribution in [0.25, 0.3) is 0 Å². The number of amides is 1. The van der Waals surface area contributed by atoms with Gasteiger partial charge in [0.05, 0.1) is 11.4 Å². The van der Waals surface area contributed by atoms with E-state index in [1.54, 1.807) is 14.1 Å². The van der Waals surface area contributed by atoms with E-state index in [9.17, 15) is 18.0 Å². The molecular weight excluding hydrogens is 259 g/mol. The van der Waals surface area contributed by atoms with Crippen molar-refractivity contribution >= 4 is 17.3 Å². The van der Waals surface area contributed by atoms with Gasteiger partial charge in [-0.3, -0.25) is 4.79 Å². The molecule has 0 heterocycles. The molecule has 2 N–H and O–H groups in total. The van der Waals surface area contributed by atoms with E-state index in [-0.39, 0.29) is 17.3 Å². The molecule has 4 nitrogen and oxygen atoms in total. The normalized spacial score (nSPS) is 11.3. The van der Waals surface area contributed by atoms with Crippen molar-refractivity contribution in [2.24, 2.45) is 0 Å². The quantitative estimate of drug-likeness (QED) is 0.858. The molecule has 0 aromatic heterocycles. The van der Waals surface area contributed by atoms with Gasteiger partial charge >= 0.3 is 6.18 Å². The third-order valence-electron chi connectivity index (χ3n) is 2.51. The number of halogens is 3. The number of rotatable bonds is 3. The van der Waals surface area contributed by atoms with Crippen LogP contribution >= 0.6 is 0 Å². The van der Waals surface area contributed by atoms with Crippen molar-refractivity contribution in [3.8, 4) is 0 Å². The Bertz CT molecular complexity index is 472. The Morgan fingerprint density at radius 2 is 1.84 bits per heavy atom. The van der Waals surface area contributed by atoms with Crippen molar-refractivity contribution < 1.29 is 18.0 Å². The van der Waals surface area contributed by atoms with Gasteiger partial charge in [-0.25, -0.2) is 0 Å². The van der Waals surface area contributed by atoms with Crippen LogP contribution in [0.2, 0.25) is 0 Å². The van der Waals surface area contributed by atoms with E-state index >= 15 is 0 Å². The summed E-state index contributed by atoms with van der Waals surface area (Å²) in [6.45, 7) is -1.10. The smallest absolute Gasteiger partial charge is 0.397 e. The summed E-state index contributed by atoms with van der Waals surface area (Å²) in [5.74, 6) is -0.253. The minimum Gasteiger partial charge on any atom is -0.397 e. The summed E-state index contributed by atoms with van der Waals surface area (Å²) < 4.78 is 36.9. The molecule has 7 heteroatoms. The van der Waals surface area contributed by atoms with E-state index < -0.39 is 12.7 Å². The second-order valence-electron chi connectivity index (χ2n) is 4.44. The molecule has 0 bridgehead atoms. The number of hydrogen-bond acceptors (Lipinski definition) is 3. The van der Waals surface area contributed by atoms with Gasteiger partial charge in [0.1, 0.15) is 6.54 Å². The third kappa shape index (κ3) is 4.04. The van der Waals surface area contributed by atoms with E-state index in [1.807, 2.05) is 0 Å². The fraction of sp³-hybridized carbons (Fsp3) is 0.417. The topological polar surface area (TPSA) is 49.6 Å². The summed E-state index contributed by atoms with van der Waals surface area (Å²) in [5.41, 5.74) is 6.42. The highest BCUT2D eigenvalue weighted by Gasteiger charge is 2.30. The fourth-order valence-electron chi connectivity index (χ4n) is 1.65. The number of carbonyl (C=O) groups excluding carboxylic acids is 1. The van der Waals surface area contributed by atoms with Gasteiger partial charge in [-0.1, -0.05) is 0 Å². The zero-order valence-electron chi connectivity index (χ0n) is 11.0. The van der Waals surface area contributed by atoms with Crippen molar-refractivity contribution in [1.29, 1.82) is 0 Å². The third-order valence-corrected chi connectivity index (χ3v) is 2.51. The first-order chi connectivity index (χ1) is 8.61. The van der Waals surface area contributed by atoms with Crippen molar-refractivity contribution in [1.82, 2.24) is 4.90 Å². The maximum atomic E-state index is 12.3. The Balaban J connectivity index is 2.98. The first-order valence-electron chi connectivity index (χ1n) is 5.51. The number of benzene rings is 1. The molecule has 0 fully saturated rings. The minimum absolute atomic E-state index is 0.138. The number of nitrogens with two attached hydrogens (primary N) is 1. The number of nitrogen functional groups attached to an aromatic ring is 1. The maximum absolute atomic E-state index is 12.3. The average Bonchev–Trinajstić information content (AvgIpc) is 2.25. The van der Waals surface area contributed by atoms with Gasteiger partial charge in [-0.05, 0) is 18.2 Å². The molecule has 1 rings (SSSR count). The molecule has 0 spiro atoms. The van der Waals surface area contributed by atoms with Crippen LogP contribution < -0.4 is 10.6 Å². The number of nitrogens with zero attached hydrogens (tertiary/aromatic N) is 2. The van der Waals surface area contributed by atoms with Crippen LogP contribution in [0.5, 0.6) is 0 Å². The minimum atomic E-state index is -4.31. The number of hydrogen-bond donors (Lipinski definition) is 1. The number of alkyl halides is 3. The predicted octanol–water partition coefficient (Wildman–Crippen LogP) is 1.97. The van der Waals surface area contributed by atoms with Gasteiger partial charge in [-0.2, -0.15) is 13.2 Å². The zero-order chi connectivity index (χ0) is 14.8. The molecule has 1 aromatic rings. The second kappa shape index (κ2) is 5.38. The van der Waals surface area contributed by atoms with E-state index in [1.165, 1.54) is 30.1 Å². The van der Waals surface area contributed by atoms with Crippen LogP contribution in [0.4, 0.5) is 24.5 Å². The number of anilines is 2. The van der Waals surface area contributed by atoms with Crippen LogP contribution in [-0.2, 0) is 0 Å². The standard InChI is InChI=1S/C12H16F3N3O/c1-17(2)11(19)8-4-5-10(9(16)6-8)18(3)7-12(13,14)15/h4-6H,7,16H2,1-3H3. The molecule has 0 unspecified atom stereocenters. The van der Waals surface area contributed by atoms with Crippen molar-refractivity contribution in [3.63, 3.8) is 0 Å². The van der Waals surface area contributed by atoms with E-state index in [0.29, 0.717) is 5.56 Å². The monoisotopic (exact) mass is 275 g/mol. The summed E-state index contributed by atoms with van der Waals surface area (Å²) in [6, 6.07) is 4.25. The Morgan fingerprint density at radius 3 is 2.26 bits per heavy atom. The molecule has 0 saturated carbocycles. The fourth-order valence-corrected chi connectivity index (χ4v) is 1.65. The second-order valence-corrected chi connectivity index (χ2v) is 4.44. The van der Waals surface area contributed by atoms with Crippen LogP contribution in [-0.4, -0.2) is 44.7 Å². The molecule has 0 aliphatic heterocycles. The van der Waals surface area contributed by atoms with Gasteiger partial charge in [0.2, 0.25) is 0 Å². The summed E-state index contributed by atoms with van der Waals surface area (Å²) in [5, 5.41) is 0. The summed E-state index contributed by atoms with van der Waals surface area (Å²) in [7, 11) is 4.47. The average molecular weight is 275 g/mol. The van der Waals surface area contributed by atoms with E-state index in [0.717, 1.165) is 4.90 Å². The van der Waals surface area contributed by atoms with Crippen molar-refractivity contribution in [2.75, 3.05) is 38.3 Å². The molecule has 106 valence electrons. The maximum Gasteiger partial charge on any atom is 0.405 e. The highest BCUT2D eigenvalue weighted by molar-refractivity contribution is 5.95. The van der Waals surface area contributed by atoms with Gasteiger partial charge in [0, 0.05) is 26.7 Å². The van der Waals surface area contributed by atoms with Crippen LogP contribution in [0.1, 0.15) is 10.4 Å². The zero-order valence-corrected chi connectivity index (χ0v) is 11.0. The lowest BCUT2D eigenvalue weighted by Crippen LogP contribution is -2.31. The Labute approximate surface area is 109 Å². The highest BCUT2D eigenvalue weighted by atomic mass is 19.4.